The van der Waals surface area contributed by atoms with Crippen molar-refractivity contribution in [3.63, 3.8) is 0 Å². The van der Waals surface area contributed by atoms with E-state index in [1.54, 1.807) is 0 Å². The highest BCUT2D eigenvalue weighted by Gasteiger charge is 2.47. The van der Waals surface area contributed by atoms with Gasteiger partial charge in [-0.2, -0.15) is 0 Å². The topological polar surface area (TPSA) is 297 Å². The molecule has 2 fully saturated rings. The highest BCUT2D eigenvalue weighted by molar-refractivity contribution is 5.89. The van der Waals surface area contributed by atoms with Crippen LogP contribution in [-0.4, -0.2) is 137 Å². The second kappa shape index (κ2) is 16.0. The summed E-state index contributed by atoms with van der Waals surface area (Å²) >= 11 is 0. The SMILES string of the molecule is O=C(/C=C/c1ccc(O)c(O)c1)OCC1O[C@@H](Oc2cc3c(O[C@@H]4OC(CO)[C@@H](O)[C@H](O)C4O)cc(O)cc3[o+]c2-c2ccc(O)cc2)C(O)C(O)[C@@H]1O. The lowest BCUT2D eigenvalue weighted by atomic mass is 9.99. The number of rotatable bonds is 10. The summed E-state index contributed by atoms with van der Waals surface area (Å²) in [6, 6.07) is 13.0. The number of aromatic hydroxyl groups is 4. The molecular weight excluding hydrogens is 720 g/mol. The summed E-state index contributed by atoms with van der Waals surface area (Å²) < 4.78 is 34.3. The molecule has 2 saturated heterocycles. The zero-order valence-corrected chi connectivity index (χ0v) is 27.9. The van der Waals surface area contributed by atoms with E-state index in [1.165, 1.54) is 60.7 Å². The highest BCUT2D eigenvalue weighted by Crippen LogP contribution is 2.42. The van der Waals surface area contributed by atoms with Crippen molar-refractivity contribution in [2.45, 2.75) is 61.4 Å². The Hall–Kier alpha value is -5.28. The molecule has 0 saturated carbocycles. The van der Waals surface area contributed by atoms with Crippen LogP contribution in [0.4, 0.5) is 0 Å². The normalized spacial score (nSPS) is 28.6. The van der Waals surface area contributed by atoms with E-state index in [9.17, 15) is 61.0 Å². The van der Waals surface area contributed by atoms with Gasteiger partial charge in [0.2, 0.25) is 18.3 Å². The summed E-state index contributed by atoms with van der Waals surface area (Å²) in [5.74, 6) is -2.61. The van der Waals surface area contributed by atoms with Crippen LogP contribution in [0.2, 0.25) is 0 Å². The van der Waals surface area contributed by atoms with Crippen LogP contribution in [0.15, 0.2) is 71.2 Å². The van der Waals surface area contributed by atoms with E-state index in [0.717, 1.165) is 12.1 Å². The van der Waals surface area contributed by atoms with Crippen LogP contribution in [0.5, 0.6) is 34.5 Å². The van der Waals surface area contributed by atoms with Crippen molar-refractivity contribution in [3.8, 4) is 45.8 Å². The number of carbonyl (C=O) groups excluding carboxylic acids is 1. The second-order valence-electron chi connectivity index (χ2n) is 12.5. The molecule has 10 atom stereocenters. The summed E-state index contributed by atoms with van der Waals surface area (Å²) in [5.41, 5.74) is 0.617. The van der Waals surface area contributed by atoms with Gasteiger partial charge in [0.25, 0.3) is 0 Å². The van der Waals surface area contributed by atoms with Crippen molar-refractivity contribution in [1.82, 2.24) is 0 Å². The fourth-order valence-electron chi connectivity index (χ4n) is 5.76. The molecular formula is C36H37O18+. The largest absolute Gasteiger partial charge is 0.508 e. The number of phenols is 4. The zero-order chi connectivity index (χ0) is 38.8. The van der Waals surface area contributed by atoms with E-state index < -0.39 is 86.3 Å². The lowest BCUT2D eigenvalue weighted by molar-refractivity contribution is -0.278. The first-order valence-corrected chi connectivity index (χ1v) is 16.4. The molecule has 1 aromatic heterocycles. The number of fused-ring (bicyclic) bond motifs is 1. The second-order valence-corrected chi connectivity index (χ2v) is 12.5. The standard InChI is InChI=1S/C36H36O18/c37-13-25-28(43)30(45)32(47)35(53-25)51-23-11-18(39)10-22-19(23)12-24(34(50-22)16-3-5-17(38)6-4-16)52-36-33(48)31(46)29(44)26(54-36)14-49-27(42)8-2-15-1-7-20(40)21(41)9-15/h1-12,25-26,28-33,35-37,43-48H,13-14H2,(H3-,38,39,40,41,42)/p+1/t25?,26?,28-,29-,30+,31?,32?,33?,35-,36-/m1/s1. The molecule has 18 heteroatoms. The van der Waals surface area contributed by atoms with Gasteiger partial charge in [-0.05, 0) is 48.0 Å². The summed E-state index contributed by atoms with van der Waals surface area (Å²) in [4.78, 5) is 12.4. The Morgan fingerprint density at radius 2 is 1.31 bits per heavy atom. The number of benzene rings is 3. The number of hydrogen-bond donors (Lipinski definition) is 11. The molecule has 3 aromatic carbocycles. The number of ether oxygens (including phenoxy) is 5. The molecule has 0 aliphatic carbocycles. The molecule has 2 aliphatic rings. The molecule has 18 nitrogen and oxygen atoms in total. The maximum Gasteiger partial charge on any atom is 0.402 e. The first-order chi connectivity index (χ1) is 25.7. The summed E-state index contributed by atoms with van der Waals surface area (Å²) in [6.45, 7) is -1.36. The number of aliphatic hydroxyl groups excluding tert-OH is 7. The summed E-state index contributed by atoms with van der Waals surface area (Å²) in [5, 5.41) is 113. The Labute approximate surface area is 304 Å². The van der Waals surface area contributed by atoms with Crippen LogP contribution in [0, 0.1) is 0 Å². The average Bonchev–Trinajstić information content (AvgIpc) is 3.15. The molecule has 2 aliphatic heterocycles. The van der Waals surface area contributed by atoms with Gasteiger partial charge in [0.15, 0.2) is 11.5 Å². The van der Waals surface area contributed by atoms with E-state index in [1.807, 2.05) is 0 Å². The van der Waals surface area contributed by atoms with Gasteiger partial charge in [-0.1, -0.05) is 6.07 Å². The number of phenolic OH excluding ortho intramolecular Hbond substituents is 4. The van der Waals surface area contributed by atoms with E-state index in [0.29, 0.717) is 11.1 Å². The minimum absolute atomic E-state index is 0.0362. The molecule has 3 heterocycles. The minimum Gasteiger partial charge on any atom is -0.508 e. The van der Waals surface area contributed by atoms with Crippen molar-refractivity contribution in [1.29, 1.82) is 0 Å². The molecule has 6 rings (SSSR count). The van der Waals surface area contributed by atoms with Gasteiger partial charge in [-0.15, -0.1) is 0 Å². The molecule has 0 radical (unpaired) electrons. The lowest BCUT2D eigenvalue weighted by Crippen LogP contribution is -2.60. The Morgan fingerprint density at radius 3 is 1.96 bits per heavy atom. The molecule has 4 aromatic rings. The Kier molecular flexibility index (Phi) is 11.4. The third-order valence-corrected chi connectivity index (χ3v) is 8.73. The van der Waals surface area contributed by atoms with Gasteiger partial charge in [-0.25, -0.2) is 9.21 Å². The predicted octanol–water partition coefficient (Wildman–Crippen LogP) is -0.175. The quantitative estimate of drug-likeness (QED) is 0.0433. The van der Waals surface area contributed by atoms with Crippen LogP contribution in [0.1, 0.15) is 5.56 Å². The van der Waals surface area contributed by atoms with Gasteiger partial charge in [0.05, 0.1) is 18.2 Å². The summed E-state index contributed by atoms with van der Waals surface area (Å²) in [6.07, 6.45) is -14.7. The lowest BCUT2D eigenvalue weighted by Gasteiger charge is -2.39. The molecule has 11 N–H and O–H groups in total. The van der Waals surface area contributed by atoms with Gasteiger partial charge in [0, 0.05) is 18.2 Å². The van der Waals surface area contributed by atoms with E-state index in [2.05, 4.69) is 0 Å². The van der Waals surface area contributed by atoms with Crippen molar-refractivity contribution >= 4 is 23.0 Å². The fraction of sp³-hybridized carbons (Fsp3) is 0.333. The van der Waals surface area contributed by atoms with Crippen LogP contribution < -0.4 is 9.47 Å². The molecule has 288 valence electrons. The summed E-state index contributed by atoms with van der Waals surface area (Å²) in [7, 11) is 0. The fourth-order valence-corrected chi connectivity index (χ4v) is 5.76. The smallest absolute Gasteiger partial charge is 0.402 e. The Morgan fingerprint density at radius 1 is 0.685 bits per heavy atom. The third kappa shape index (κ3) is 8.11. The van der Waals surface area contributed by atoms with Gasteiger partial charge >= 0.3 is 17.3 Å². The maximum atomic E-state index is 12.4. The molecule has 5 unspecified atom stereocenters. The molecule has 0 bridgehead atoms. The van der Waals surface area contributed by atoms with Crippen LogP contribution >= 0.6 is 0 Å². The van der Waals surface area contributed by atoms with Crippen LogP contribution in [-0.2, 0) is 19.0 Å². The monoisotopic (exact) mass is 757 g/mol. The Bertz CT molecular complexity index is 1980. The Balaban J connectivity index is 1.29. The highest BCUT2D eigenvalue weighted by atomic mass is 16.7. The number of esters is 1. The number of carbonyl (C=O) groups is 1. The molecule has 0 spiro atoms. The third-order valence-electron chi connectivity index (χ3n) is 8.73. The van der Waals surface area contributed by atoms with Crippen molar-refractivity contribution in [3.05, 3.63) is 72.3 Å². The van der Waals surface area contributed by atoms with Crippen LogP contribution in [0.3, 0.4) is 0 Å². The number of aliphatic hydroxyl groups is 7. The van der Waals surface area contributed by atoms with Crippen molar-refractivity contribution in [2.24, 2.45) is 0 Å². The van der Waals surface area contributed by atoms with Gasteiger partial charge in [-0.3, -0.25) is 0 Å². The van der Waals surface area contributed by atoms with E-state index in [4.69, 9.17) is 28.1 Å². The van der Waals surface area contributed by atoms with Crippen molar-refractivity contribution in [2.75, 3.05) is 13.2 Å². The average molecular weight is 758 g/mol. The van der Waals surface area contributed by atoms with E-state index in [-0.39, 0.29) is 45.5 Å². The first-order valence-electron chi connectivity index (χ1n) is 16.4. The van der Waals surface area contributed by atoms with Crippen molar-refractivity contribution < 1.29 is 89.1 Å². The predicted molar refractivity (Wildman–Crippen MR) is 181 cm³/mol. The molecule has 54 heavy (non-hydrogen) atoms. The van der Waals surface area contributed by atoms with Crippen LogP contribution in [0.25, 0.3) is 28.4 Å². The van der Waals surface area contributed by atoms with Gasteiger partial charge < -0.3 is 79.9 Å². The maximum absolute atomic E-state index is 12.4. The zero-order valence-electron chi connectivity index (χ0n) is 27.9. The molecule has 0 amide bonds. The minimum atomic E-state index is -1.89. The number of hydrogen-bond acceptors (Lipinski definition) is 17. The van der Waals surface area contributed by atoms with E-state index >= 15 is 0 Å². The first kappa shape index (κ1) is 38.4. The van der Waals surface area contributed by atoms with Gasteiger partial charge in [0.1, 0.15) is 78.1 Å².